The minimum Gasteiger partial charge on any atom is -0.481 e. The third-order valence-corrected chi connectivity index (χ3v) is 10.8. The van der Waals surface area contributed by atoms with Crippen LogP contribution < -0.4 is 16.0 Å². The van der Waals surface area contributed by atoms with Gasteiger partial charge in [0.1, 0.15) is 11.6 Å². The second-order valence-electron chi connectivity index (χ2n) is 15.6. The van der Waals surface area contributed by atoms with Crippen molar-refractivity contribution in [2.45, 2.75) is 109 Å². The van der Waals surface area contributed by atoms with Crippen molar-refractivity contribution in [3.63, 3.8) is 0 Å². The fraction of sp³-hybridized carbons (Fsp3) is 0.489. The largest absolute Gasteiger partial charge is 0.481 e. The minimum absolute atomic E-state index is 0.0295. The van der Waals surface area contributed by atoms with E-state index in [0.717, 1.165) is 23.7 Å². The van der Waals surface area contributed by atoms with Gasteiger partial charge in [-0.3, -0.25) is 43.2 Å². The van der Waals surface area contributed by atoms with E-state index in [-0.39, 0.29) is 50.7 Å². The zero-order valence-electron chi connectivity index (χ0n) is 35.1. The van der Waals surface area contributed by atoms with E-state index in [1.165, 1.54) is 25.2 Å². The van der Waals surface area contributed by atoms with E-state index >= 15 is 0 Å². The number of nitrogens with one attached hydrogen (secondary N) is 4. The molecule has 1 aromatic heterocycles. The van der Waals surface area contributed by atoms with Crippen LogP contribution in [0, 0.1) is 23.6 Å². The van der Waals surface area contributed by atoms with Gasteiger partial charge in [-0.15, -0.1) is 0 Å². The molecule has 0 saturated heterocycles. The van der Waals surface area contributed by atoms with Crippen LogP contribution in [0.3, 0.4) is 0 Å². The highest BCUT2D eigenvalue weighted by Crippen LogP contribution is 2.24. The lowest BCUT2D eigenvalue weighted by Crippen LogP contribution is -2.47. The molecule has 0 radical (unpaired) electrons. The first-order valence-corrected chi connectivity index (χ1v) is 20.8. The summed E-state index contributed by atoms with van der Waals surface area (Å²) in [4.78, 5) is 119. The molecule has 0 aliphatic heterocycles. The minimum atomic E-state index is -1.27. The Balaban J connectivity index is 1.89. The lowest BCUT2D eigenvalue weighted by molar-refractivity contribution is -0.140. The first-order valence-electron chi connectivity index (χ1n) is 20.8. The molecular formula is C45H57FN4O12. The third-order valence-electron chi connectivity index (χ3n) is 10.8. The number of carboxylic acids is 3. The summed E-state index contributed by atoms with van der Waals surface area (Å²) in [5.41, 5.74) is 1.77. The van der Waals surface area contributed by atoms with Gasteiger partial charge in [-0.1, -0.05) is 50.1 Å². The van der Waals surface area contributed by atoms with E-state index < -0.39 is 115 Å². The fourth-order valence-electron chi connectivity index (χ4n) is 7.31. The van der Waals surface area contributed by atoms with E-state index in [1.54, 1.807) is 18.3 Å². The van der Waals surface area contributed by atoms with Crippen molar-refractivity contribution in [3.8, 4) is 0 Å². The summed E-state index contributed by atoms with van der Waals surface area (Å²) in [6.45, 7) is 1.33. The number of fused-ring (bicyclic) bond motifs is 1. The van der Waals surface area contributed by atoms with Crippen LogP contribution in [0.25, 0.3) is 10.9 Å². The maximum absolute atomic E-state index is 14.3. The van der Waals surface area contributed by atoms with Gasteiger partial charge in [0.15, 0.2) is 17.3 Å². The van der Waals surface area contributed by atoms with E-state index in [9.17, 15) is 57.8 Å². The summed E-state index contributed by atoms with van der Waals surface area (Å²) >= 11 is 0. The fourth-order valence-corrected chi connectivity index (χ4v) is 7.31. The molecular weight excluding hydrogens is 808 g/mol. The maximum atomic E-state index is 14.3. The third kappa shape index (κ3) is 17.1. The predicted molar refractivity (Wildman–Crippen MR) is 224 cm³/mol. The molecule has 0 spiro atoms. The number of hydrogen-bond donors (Lipinski definition) is 7. The average molecular weight is 865 g/mol. The Morgan fingerprint density at radius 3 is 1.98 bits per heavy atom. The average Bonchev–Trinajstić information content (AvgIpc) is 3.63. The van der Waals surface area contributed by atoms with Gasteiger partial charge in [-0.2, -0.15) is 0 Å². The first kappa shape index (κ1) is 50.3. The molecule has 3 rings (SSSR count). The lowest BCUT2D eigenvalue weighted by Gasteiger charge is -2.24. The number of aliphatic carboxylic acids is 3. The van der Waals surface area contributed by atoms with Crippen LogP contribution in [0.4, 0.5) is 4.39 Å². The van der Waals surface area contributed by atoms with Crippen molar-refractivity contribution < 1.29 is 62.9 Å². The molecule has 0 fully saturated rings. The zero-order chi connectivity index (χ0) is 45.8. The van der Waals surface area contributed by atoms with Gasteiger partial charge in [0.05, 0.1) is 25.0 Å². The van der Waals surface area contributed by atoms with Gasteiger partial charge in [0.25, 0.3) is 0 Å². The number of aromatic nitrogens is 1. The molecule has 0 saturated carbocycles. The van der Waals surface area contributed by atoms with Gasteiger partial charge in [-0.05, 0) is 62.1 Å². The van der Waals surface area contributed by atoms with Gasteiger partial charge in [0, 0.05) is 79.8 Å². The quantitative estimate of drug-likeness (QED) is 0.0444. The van der Waals surface area contributed by atoms with Crippen molar-refractivity contribution in [3.05, 3.63) is 71.7 Å². The summed E-state index contributed by atoms with van der Waals surface area (Å²) in [6, 6.07) is 10.2. The van der Waals surface area contributed by atoms with Gasteiger partial charge >= 0.3 is 17.9 Å². The Bertz CT molecular complexity index is 2070. The number of halogens is 1. The van der Waals surface area contributed by atoms with Crippen LogP contribution >= 0.6 is 0 Å². The highest BCUT2D eigenvalue weighted by Gasteiger charge is 2.32. The van der Waals surface area contributed by atoms with E-state index in [2.05, 4.69) is 20.9 Å². The monoisotopic (exact) mass is 864 g/mol. The number of carbonyl (C=O) groups is 9. The van der Waals surface area contributed by atoms with Crippen molar-refractivity contribution in [1.29, 1.82) is 0 Å². The topological polar surface area (TPSA) is 266 Å². The van der Waals surface area contributed by atoms with Gasteiger partial charge in [0.2, 0.25) is 11.8 Å². The number of amides is 2. The van der Waals surface area contributed by atoms with Crippen molar-refractivity contribution in [2.75, 3.05) is 13.6 Å². The summed E-state index contributed by atoms with van der Waals surface area (Å²) in [5.74, 6) is -11.3. The maximum Gasteiger partial charge on any atom is 0.305 e. The molecule has 0 unspecified atom stereocenters. The zero-order valence-corrected chi connectivity index (χ0v) is 35.1. The molecule has 62 heavy (non-hydrogen) atoms. The predicted octanol–water partition coefficient (Wildman–Crippen LogP) is 4.36. The number of ketones is 4. The number of likely N-dealkylation sites (N-methyl/N-ethyl adjacent to an activating group) is 1. The second-order valence-corrected chi connectivity index (χ2v) is 15.6. The highest BCUT2D eigenvalue weighted by molar-refractivity contribution is 5.97. The number of H-pyrrole nitrogens is 1. The van der Waals surface area contributed by atoms with E-state index in [0.29, 0.717) is 17.5 Å². The Labute approximate surface area is 358 Å². The summed E-state index contributed by atoms with van der Waals surface area (Å²) < 4.78 is 14.3. The smallest absolute Gasteiger partial charge is 0.305 e. The Kier molecular flexibility index (Phi) is 20.8. The molecule has 2 aromatic carbocycles. The molecule has 1 heterocycles. The number of hydrogen-bond acceptors (Lipinski definition) is 10. The van der Waals surface area contributed by atoms with Crippen LogP contribution in [-0.2, 0) is 56.0 Å². The molecule has 336 valence electrons. The molecule has 5 atom stereocenters. The molecule has 7 N–H and O–H groups in total. The highest BCUT2D eigenvalue weighted by atomic mass is 19.1. The molecule has 16 nitrogen and oxygen atoms in total. The first-order chi connectivity index (χ1) is 29.5. The van der Waals surface area contributed by atoms with Gasteiger partial charge < -0.3 is 36.3 Å². The number of carboxylic acid groups (broad SMARTS) is 3. The number of rotatable bonds is 31. The SMILES string of the molecule is CCCCCC(=O)[C@H](CCC(=O)O)CC(=O)[C@H](Cc1c[nH]c2ccccc12)NC(=O)[C@@H](CC(=O)CNC(=O)[C@H](CCC(=O)O)CC(=O)[C@@H](CC(=O)O)NC)Cc1cccc(F)c1. The van der Waals surface area contributed by atoms with Gasteiger partial charge in [-0.25, -0.2) is 4.39 Å². The van der Waals surface area contributed by atoms with Crippen molar-refractivity contribution in [2.24, 2.45) is 17.8 Å². The van der Waals surface area contributed by atoms with Crippen molar-refractivity contribution >= 4 is 63.8 Å². The summed E-state index contributed by atoms with van der Waals surface area (Å²) in [5, 5.41) is 36.3. The number of benzene rings is 2. The normalized spacial score (nSPS) is 13.6. The Morgan fingerprint density at radius 2 is 1.34 bits per heavy atom. The van der Waals surface area contributed by atoms with E-state index in [1.807, 2.05) is 25.1 Å². The number of Topliss-reactive ketones (excluding diaryl/α,β-unsaturated/α-hetero) is 4. The number of carbonyl (C=O) groups excluding carboxylic acids is 6. The molecule has 2 amide bonds. The van der Waals surface area contributed by atoms with Crippen LogP contribution in [0.5, 0.6) is 0 Å². The Morgan fingerprint density at radius 1 is 0.677 bits per heavy atom. The second kappa shape index (κ2) is 25.6. The lowest BCUT2D eigenvalue weighted by atomic mass is 9.86. The summed E-state index contributed by atoms with van der Waals surface area (Å²) in [6.07, 6.45) is 0.702. The van der Waals surface area contributed by atoms with Crippen LogP contribution in [0.15, 0.2) is 54.7 Å². The molecule has 3 aromatic rings. The number of aromatic amines is 1. The standard InChI is InChI=1S/C45H57FN4O12/c1-3-4-5-13-38(52)28(14-16-41(55)56)22-40(54)37(21-31-25-48-35-12-7-6-11-34(31)35)50-45(62)30(18-27-9-8-10-32(46)19-27)20-33(51)26-49-44(61)29(15-17-42(57)58)23-39(53)36(47-2)24-43(59)60/h6-12,19,25,28-30,36-37,47-48H,3-5,13-18,20-24,26H2,1-2H3,(H,49,61)(H,50,62)(H,55,56)(H,57,58)(H,59,60)/t28-,29-,30-,36-,37+/m1/s1. The van der Waals surface area contributed by atoms with Crippen LogP contribution in [-0.4, -0.2) is 98.8 Å². The van der Waals surface area contributed by atoms with Crippen molar-refractivity contribution in [1.82, 2.24) is 20.9 Å². The molecule has 0 aliphatic carbocycles. The Hall–Kier alpha value is -6.10. The molecule has 0 aliphatic rings. The number of para-hydroxylation sites is 1. The summed E-state index contributed by atoms with van der Waals surface area (Å²) in [7, 11) is 1.36. The molecule has 0 bridgehead atoms. The van der Waals surface area contributed by atoms with E-state index in [4.69, 9.17) is 5.11 Å². The number of unbranched alkanes of at least 4 members (excludes halogenated alkanes) is 2. The van der Waals surface area contributed by atoms with Crippen LogP contribution in [0.2, 0.25) is 0 Å². The molecule has 17 heteroatoms. The van der Waals surface area contributed by atoms with Crippen LogP contribution in [0.1, 0.15) is 95.1 Å².